The summed E-state index contributed by atoms with van der Waals surface area (Å²) < 4.78 is 0. The van der Waals surface area contributed by atoms with Crippen LogP contribution in [-0.4, -0.2) is 42.0 Å². The van der Waals surface area contributed by atoms with Crippen molar-refractivity contribution in [2.75, 3.05) is 13.1 Å². The summed E-state index contributed by atoms with van der Waals surface area (Å²) in [5.41, 5.74) is 5.88. The Morgan fingerprint density at radius 3 is 2.76 bits per heavy atom. The molecule has 17 heavy (non-hydrogen) atoms. The predicted octanol–water partition coefficient (Wildman–Crippen LogP) is 0.713. The molecule has 0 aromatic carbocycles. The van der Waals surface area contributed by atoms with E-state index in [1.54, 1.807) is 0 Å². The monoisotopic (exact) mass is 239 g/mol. The number of fused-ring (bicyclic) bond motifs is 1. The topological polar surface area (TPSA) is 58.4 Å². The molecule has 2 rings (SSSR count). The fourth-order valence-corrected chi connectivity index (χ4v) is 3.00. The van der Waals surface area contributed by atoms with Crippen molar-refractivity contribution in [1.82, 2.24) is 10.2 Å². The summed E-state index contributed by atoms with van der Waals surface area (Å²) in [7, 11) is 0. The van der Waals surface area contributed by atoms with E-state index in [4.69, 9.17) is 5.73 Å². The van der Waals surface area contributed by atoms with E-state index < -0.39 is 0 Å². The first-order chi connectivity index (χ1) is 8.09. The zero-order valence-corrected chi connectivity index (χ0v) is 11.0. The molecule has 2 fully saturated rings. The number of carbonyl (C=O) groups excluding carboxylic acids is 1. The fraction of sp³-hybridized carbons (Fsp3) is 0.923. The predicted molar refractivity (Wildman–Crippen MR) is 68.6 cm³/mol. The van der Waals surface area contributed by atoms with Crippen molar-refractivity contribution < 1.29 is 4.79 Å². The van der Waals surface area contributed by atoms with Crippen LogP contribution in [0.3, 0.4) is 0 Å². The van der Waals surface area contributed by atoms with E-state index in [2.05, 4.69) is 10.2 Å². The van der Waals surface area contributed by atoms with Gasteiger partial charge in [-0.05, 0) is 31.7 Å². The molecule has 4 heteroatoms. The highest BCUT2D eigenvalue weighted by atomic mass is 16.2. The number of piperidine rings is 1. The summed E-state index contributed by atoms with van der Waals surface area (Å²) in [5, 5.41) is 3.15. The minimum Gasteiger partial charge on any atom is -0.350 e. The number of nitrogens with one attached hydrogen (secondary N) is 1. The largest absolute Gasteiger partial charge is 0.350 e. The zero-order valence-electron chi connectivity index (χ0n) is 11.0. The van der Waals surface area contributed by atoms with Gasteiger partial charge in [-0.25, -0.2) is 0 Å². The van der Waals surface area contributed by atoms with Crippen molar-refractivity contribution in [2.45, 2.75) is 57.7 Å². The van der Waals surface area contributed by atoms with Gasteiger partial charge in [-0.1, -0.05) is 20.3 Å². The number of hydrogen-bond donors (Lipinski definition) is 2. The molecule has 0 radical (unpaired) electrons. The Morgan fingerprint density at radius 2 is 2.06 bits per heavy atom. The number of nitrogens with zero attached hydrogens (tertiary/aromatic N) is 1. The van der Waals surface area contributed by atoms with Gasteiger partial charge in [0.25, 0.3) is 0 Å². The second kappa shape index (κ2) is 5.36. The molecule has 3 unspecified atom stereocenters. The quantitative estimate of drug-likeness (QED) is 0.762. The van der Waals surface area contributed by atoms with Crippen LogP contribution in [0.1, 0.15) is 39.5 Å². The molecule has 0 aliphatic carbocycles. The average molecular weight is 239 g/mol. The van der Waals surface area contributed by atoms with E-state index in [9.17, 15) is 4.79 Å². The SMILES string of the molecule is CC(C)C(N)C(=O)NC1CCN2CCCCC12. The number of amides is 1. The summed E-state index contributed by atoms with van der Waals surface area (Å²) >= 11 is 0. The van der Waals surface area contributed by atoms with Crippen LogP contribution in [0.15, 0.2) is 0 Å². The van der Waals surface area contributed by atoms with Gasteiger partial charge in [-0.2, -0.15) is 0 Å². The van der Waals surface area contributed by atoms with E-state index in [1.165, 1.54) is 25.8 Å². The number of rotatable bonds is 3. The van der Waals surface area contributed by atoms with Crippen LogP contribution in [0.25, 0.3) is 0 Å². The highest BCUT2D eigenvalue weighted by molar-refractivity contribution is 5.82. The van der Waals surface area contributed by atoms with Gasteiger partial charge >= 0.3 is 0 Å². The molecule has 3 atom stereocenters. The minimum atomic E-state index is -0.368. The molecule has 2 saturated heterocycles. The van der Waals surface area contributed by atoms with Gasteiger partial charge in [0.1, 0.15) is 0 Å². The van der Waals surface area contributed by atoms with Crippen LogP contribution in [0.2, 0.25) is 0 Å². The van der Waals surface area contributed by atoms with Gasteiger partial charge in [0.05, 0.1) is 6.04 Å². The molecule has 0 bridgehead atoms. The Morgan fingerprint density at radius 1 is 1.29 bits per heavy atom. The highest BCUT2D eigenvalue weighted by Crippen LogP contribution is 2.27. The Hall–Kier alpha value is -0.610. The van der Waals surface area contributed by atoms with Crippen molar-refractivity contribution in [3.8, 4) is 0 Å². The summed E-state index contributed by atoms with van der Waals surface area (Å²) in [6.07, 6.45) is 4.91. The molecule has 2 aliphatic rings. The van der Waals surface area contributed by atoms with Crippen LogP contribution in [0.5, 0.6) is 0 Å². The molecular weight excluding hydrogens is 214 g/mol. The normalized spacial score (nSPS) is 31.3. The molecule has 1 amide bonds. The molecule has 0 saturated carbocycles. The summed E-state index contributed by atoms with van der Waals surface area (Å²) in [4.78, 5) is 14.5. The van der Waals surface area contributed by atoms with E-state index >= 15 is 0 Å². The Balaban J connectivity index is 1.89. The lowest BCUT2D eigenvalue weighted by atomic mass is 9.98. The molecule has 0 aromatic heterocycles. The van der Waals surface area contributed by atoms with Crippen LogP contribution < -0.4 is 11.1 Å². The van der Waals surface area contributed by atoms with E-state index in [0.29, 0.717) is 12.1 Å². The first kappa shape index (κ1) is 12.8. The van der Waals surface area contributed by atoms with Gasteiger partial charge in [0.15, 0.2) is 0 Å². The van der Waals surface area contributed by atoms with Gasteiger partial charge < -0.3 is 11.1 Å². The van der Waals surface area contributed by atoms with Gasteiger partial charge in [0, 0.05) is 18.6 Å². The zero-order chi connectivity index (χ0) is 12.4. The average Bonchev–Trinajstić information content (AvgIpc) is 2.71. The Kier molecular flexibility index (Phi) is 4.05. The maximum Gasteiger partial charge on any atom is 0.237 e. The third kappa shape index (κ3) is 2.80. The standard InChI is InChI=1S/C13H25N3O/c1-9(2)12(14)13(17)15-10-6-8-16-7-4-3-5-11(10)16/h9-12H,3-8,14H2,1-2H3,(H,15,17). The van der Waals surface area contributed by atoms with Gasteiger partial charge in [0.2, 0.25) is 5.91 Å². The number of hydrogen-bond acceptors (Lipinski definition) is 3. The molecule has 2 heterocycles. The van der Waals surface area contributed by atoms with Crippen molar-refractivity contribution in [3.05, 3.63) is 0 Å². The van der Waals surface area contributed by atoms with Gasteiger partial charge in [-0.3, -0.25) is 9.69 Å². The first-order valence-electron chi connectivity index (χ1n) is 6.89. The van der Waals surface area contributed by atoms with Crippen molar-refractivity contribution >= 4 is 5.91 Å². The second-order valence-electron chi connectivity index (χ2n) is 5.77. The highest BCUT2D eigenvalue weighted by Gasteiger charge is 2.36. The van der Waals surface area contributed by atoms with E-state index in [1.807, 2.05) is 13.8 Å². The Bertz CT molecular complexity index is 280. The van der Waals surface area contributed by atoms with Crippen LogP contribution in [0.4, 0.5) is 0 Å². The lowest BCUT2D eigenvalue weighted by Gasteiger charge is -2.33. The molecular formula is C13H25N3O. The van der Waals surface area contributed by atoms with E-state index in [0.717, 1.165) is 13.0 Å². The maximum atomic E-state index is 12.0. The number of carbonyl (C=O) groups is 1. The smallest absolute Gasteiger partial charge is 0.237 e. The van der Waals surface area contributed by atoms with Crippen LogP contribution >= 0.6 is 0 Å². The Labute approximate surface area is 104 Å². The fourth-order valence-electron chi connectivity index (χ4n) is 3.00. The third-order valence-corrected chi connectivity index (χ3v) is 4.20. The molecule has 0 spiro atoms. The number of nitrogens with two attached hydrogens (primary N) is 1. The van der Waals surface area contributed by atoms with Crippen molar-refractivity contribution in [3.63, 3.8) is 0 Å². The molecule has 4 nitrogen and oxygen atoms in total. The lowest BCUT2D eigenvalue weighted by molar-refractivity contribution is -0.124. The van der Waals surface area contributed by atoms with Crippen LogP contribution in [0, 0.1) is 5.92 Å². The second-order valence-corrected chi connectivity index (χ2v) is 5.77. The van der Waals surface area contributed by atoms with Crippen molar-refractivity contribution in [1.29, 1.82) is 0 Å². The van der Waals surface area contributed by atoms with Crippen molar-refractivity contribution in [2.24, 2.45) is 11.7 Å². The molecule has 2 aliphatic heterocycles. The van der Waals surface area contributed by atoms with E-state index in [-0.39, 0.29) is 17.9 Å². The third-order valence-electron chi connectivity index (χ3n) is 4.20. The molecule has 0 aromatic rings. The van der Waals surface area contributed by atoms with Crippen LogP contribution in [-0.2, 0) is 4.79 Å². The minimum absolute atomic E-state index is 0.0254. The summed E-state index contributed by atoms with van der Waals surface area (Å²) in [6, 6.07) is 0.521. The maximum absolute atomic E-state index is 12.0. The lowest BCUT2D eigenvalue weighted by Crippen LogP contribution is -2.52. The molecule has 98 valence electrons. The summed E-state index contributed by atoms with van der Waals surface area (Å²) in [5.74, 6) is 0.233. The first-order valence-corrected chi connectivity index (χ1v) is 6.89. The summed E-state index contributed by atoms with van der Waals surface area (Å²) in [6.45, 7) is 6.32. The molecule has 3 N–H and O–H groups in total. The van der Waals surface area contributed by atoms with Gasteiger partial charge in [-0.15, -0.1) is 0 Å².